The van der Waals surface area contributed by atoms with Crippen molar-refractivity contribution < 1.29 is 52.7 Å². The number of rotatable bonds is 15. The van der Waals surface area contributed by atoms with Crippen LogP contribution in [-0.2, 0) is 16.5 Å². The Balaban J connectivity index is 0.00000729. The van der Waals surface area contributed by atoms with Crippen LogP contribution in [0, 0.1) is 0 Å². The first-order valence-electron chi connectivity index (χ1n) is 10.4. The summed E-state index contributed by atoms with van der Waals surface area (Å²) in [5, 5.41) is 19.5. The molecule has 0 fully saturated rings. The number of unbranched alkanes of at least 4 members (excludes halogenated alkanes) is 12. The van der Waals surface area contributed by atoms with Gasteiger partial charge in [0.15, 0.2) is 0 Å². The Bertz CT molecular complexity index is 646. The number of benzene rings is 1. The summed E-state index contributed by atoms with van der Waals surface area (Å²) in [6.07, 6.45) is 15.9. The van der Waals surface area contributed by atoms with E-state index in [1.54, 1.807) is 0 Å². The molecule has 2 N–H and O–H groups in total. The predicted octanol–water partition coefficient (Wildman–Crippen LogP) is 2.64. The zero-order valence-corrected chi connectivity index (χ0v) is 20.4. The molecule has 28 heavy (non-hydrogen) atoms. The van der Waals surface area contributed by atoms with Crippen molar-refractivity contribution in [1.29, 1.82) is 0 Å². The normalized spacial score (nSPS) is 11.4. The van der Waals surface area contributed by atoms with E-state index < -0.39 is 20.8 Å². The summed E-state index contributed by atoms with van der Waals surface area (Å²) < 4.78 is 34.0. The maximum atomic E-state index is 11.3. The standard InChI is InChI=1S/C21H36O5S.Na/c1-2-3-4-5-6-7-8-9-10-11-12-13-14-15-18-19(22)16-17-20(23)21(18)27(24,25)26;/h16-17,22-23H,2-15H2,1H3,(H,24,25,26);/q;+1/p-1. The Kier molecular flexibility index (Phi) is 15.4. The van der Waals surface area contributed by atoms with Gasteiger partial charge in [0.2, 0.25) is 0 Å². The van der Waals surface area contributed by atoms with E-state index in [-0.39, 0.29) is 47.3 Å². The topological polar surface area (TPSA) is 97.7 Å². The molecule has 1 rings (SSSR count). The van der Waals surface area contributed by atoms with Gasteiger partial charge in [0.05, 0.1) is 0 Å². The third-order valence-corrected chi connectivity index (χ3v) is 5.95. The molecule has 0 spiro atoms. The van der Waals surface area contributed by atoms with Gasteiger partial charge in [-0.3, -0.25) is 0 Å². The van der Waals surface area contributed by atoms with Gasteiger partial charge in [0, 0.05) is 5.56 Å². The fourth-order valence-corrected chi connectivity index (χ4v) is 4.28. The second kappa shape index (κ2) is 15.6. The Morgan fingerprint density at radius 1 is 0.750 bits per heavy atom. The van der Waals surface area contributed by atoms with Gasteiger partial charge in [-0.15, -0.1) is 0 Å². The van der Waals surface area contributed by atoms with Crippen LogP contribution in [0.25, 0.3) is 0 Å². The van der Waals surface area contributed by atoms with Gasteiger partial charge in [-0.2, -0.15) is 0 Å². The molecule has 0 saturated heterocycles. The maximum absolute atomic E-state index is 11.3. The molecule has 5 nitrogen and oxygen atoms in total. The molecule has 0 aliphatic carbocycles. The van der Waals surface area contributed by atoms with Crippen molar-refractivity contribution in [3.05, 3.63) is 17.7 Å². The van der Waals surface area contributed by atoms with Crippen molar-refractivity contribution in [2.24, 2.45) is 0 Å². The molecular weight excluding hydrogens is 387 g/mol. The quantitative estimate of drug-likeness (QED) is 0.196. The monoisotopic (exact) mass is 422 g/mol. The Labute approximate surface area is 193 Å². The first kappa shape index (κ1) is 27.7. The van der Waals surface area contributed by atoms with Gasteiger partial charge in [-0.25, -0.2) is 8.42 Å². The molecule has 0 aliphatic heterocycles. The summed E-state index contributed by atoms with van der Waals surface area (Å²) in [4.78, 5) is -0.679. The van der Waals surface area contributed by atoms with Crippen LogP contribution in [0.3, 0.4) is 0 Å². The molecule has 0 bridgehead atoms. The van der Waals surface area contributed by atoms with Gasteiger partial charge >= 0.3 is 29.6 Å². The number of hydrogen-bond donors (Lipinski definition) is 2. The minimum Gasteiger partial charge on any atom is -0.744 e. The summed E-state index contributed by atoms with van der Waals surface area (Å²) >= 11 is 0. The summed E-state index contributed by atoms with van der Waals surface area (Å²) in [5.74, 6) is -0.839. The first-order chi connectivity index (χ1) is 12.9. The van der Waals surface area contributed by atoms with Crippen molar-refractivity contribution >= 4 is 10.1 Å². The Morgan fingerprint density at radius 3 is 1.57 bits per heavy atom. The molecule has 0 atom stereocenters. The van der Waals surface area contributed by atoms with Crippen LogP contribution in [0.5, 0.6) is 11.5 Å². The summed E-state index contributed by atoms with van der Waals surface area (Å²) in [6, 6.07) is 2.26. The van der Waals surface area contributed by atoms with Crippen LogP contribution in [0.1, 0.15) is 96.0 Å². The second-order valence-electron chi connectivity index (χ2n) is 7.36. The third kappa shape index (κ3) is 11.1. The van der Waals surface area contributed by atoms with Crippen molar-refractivity contribution in [3.8, 4) is 11.5 Å². The maximum Gasteiger partial charge on any atom is 1.00 e. The van der Waals surface area contributed by atoms with Gasteiger partial charge < -0.3 is 14.8 Å². The molecule has 0 heterocycles. The van der Waals surface area contributed by atoms with Gasteiger partial charge in [0.1, 0.15) is 26.5 Å². The Morgan fingerprint density at radius 2 is 1.14 bits per heavy atom. The molecule has 0 unspecified atom stereocenters. The molecular formula is C21H35NaO5S. The zero-order chi connectivity index (χ0) is 20.1. The van der Waals surface area contributed by atoms with Crippen molar-refractivity contribution in [1.82, 2.24) is 0 Å². The fourth-order valence-electron chi connectivity index (χ4n) is 3.45. The van der Waals surface area contributed by atoms with E-state index in [4.69, 9.17) is 0 Å². The third-order valence-electron chi connectivity index (χ3n) is 5.00. The van der Waals surface area contributed by atoms with Crippen LogP contribution >= 0.6 is 0 Å². The van der Waals surface area contributed by atoms with E-state index in [0.717, 1.165) is 25.3 Å². The zero-order valence-electron chi connectivity index (χ0n) is 17.6. The SMILES string of the molecule is CCCCCCCCCCCCCCCc1c(O)ccc(O)c1S(=O)(=O)[O-].[Na+]. The van der Waals surface area contributed by atoms with E-state index in [2.05, 4.69) is 6.92 Å². The van der Waals surface area contributed by atoms with Crippen molar-refractivity contribution in [2.45, 2.75) is 102 Å². The molecule has 0 amide bonds. The molecule has 1 aromatic carbocycles. The molecule has 7 heteroatoms. The van der Waals surface area contributed by atoms with E-state index in [0.29, 0.717) is 6.42 Å². The molecule has 0 radical (unpaired) electrons. The molecule has 0 saturated carbocycles. The summed E-state index contributed by atoms with van der Waals surface area (Å²) in [5.41, 5.74) is 0.0353. The fraction of sp³-hybridized carbons (Fsp3) is 0.714. The Hall–Kier alpha value is -0.270. The van der Waals surface area contributed by atoms with Crippen LogP contribution < -0.4 is 29.6 Å². The van der Waals surface area contributed by atoms with Crippen LogP contribution in [0.4, 0.5) is 0 Å². The van der Waals surface area contributed by atoms with Gasteiger partial charge in [0.25, 0.3) is 0 Å². The molecule has 156 valence electrons. The smallest absolute Gasteiger partial charge is 0.744 e. The van der Waals surface area contributed by atoms with Crippen molar-refractivity contribution in [2.75, 3.05) is 0 Å². The summed E-state index contributed by atoms with van der Waals surface area (Å²) in [6.45, 7) is 2.23. The van der Waals surface area contributed by atoms with Crippen LogP contribution in [0.15, 0.2) is 17.0 Å². The summed E-state index contributed by atoms with van der Waals surface area (Å²) in [7, 11) is -4.81. The average Bonchev–Trinajstić information content (AvgIpc) is 2.60. The van der Waals surface area contributed by atoms with E-state index in [1.165, 1.54) is 63.9 Å². The number of phenolic OH excluding ortho intramolecular Hbond substituents is 2. The van der Waals surface area contributed by atoms with E-state index >= 15 is 0 Å². The van der Waals surface area contributed by atoms with Crippen molar-refractivity contribution in [3.63, 3.8) is 0 Å². The number of phenols is 2. The minimum atomic E-state index is -4.81. The van der Waals surface area contributed by atoms with Gasteiger partial charge in [-0.1, -0.05) is 84.0 Å². The van der Waals surface area contributed by atoms with Crippen LogP contribution in [-0.4, -0.2) is 23.2 Å². The molecule has 0 aromatic heterocycles. The minimum absolute atomic E-state index is 0. The largest absolute Gasteiger partial charge is 1.00 e. The van der Waals surface area contributed by atoms with Crippen LogP contribution in [0.2, 0.25) is 0 Å². The number of hydrogen-bond acceptors (Lipinski definition) is 5. The first-order valence-corrected chi connectivity index (χ1v) is 11.8. The molecule has 1 aromatic rings. The second-order valence-corrected chi connectivity index (χ2v) is 8.67. The van der Waals surface area contributed by atoms with Gasteiger partial charge in [-0.05, 0) is 25.0 Å². The number of aromatic hydroxyl groups is 2. The average molecular weight is 423 g/mol. The molecule has 0 aliphatic rings. The van der Waals surface area contributed by atoms with E-state index in [9.17, 15) is 23.2 Å². The predicted molar refractivity (Wildman–Crippen MR) is 107 cm³/mol. The van der Waals surface area contributed by atoms with E-state index in [1.807, 2.05) is 0 Å².